The highest BCUT2D eigenvalue weighted by Crippen LogP contribution is 2.29. The molecule has 3 heteroatoms. The van der Waals surface area contributed by atoms with E-state index in [0.717, 1.165) is 42.7 Å². The molecule has 0 N–H and O–H groups in total. The van der Waals surface area contributed by atoms with E-state index in [2.05, 4.69) is 4.90 Å². The molecule has 1 heterocycles. The van der Waals surface area contributed by atoms with Gasteiger partial charge in [-0.1, -0.05) is 18.6 Å². The Kier molecular flexibility index (Phi) is 5.49. The van der Waals surface area contributed by atoms with Crippen molar-refractivity contribution in [3.63, 3.8) is 0 Å². The van der Waals surface area contributed by atoms with Crippen molar-refractivity contribution in [2.45, 2.75) is 51.4 Å². The van der Waals surface area contributed by atoms with Crippen LogP contribution in [0, 0.1) is 0 Å². The number of rotatable bonds is 6. The van der Waals surface area contributed by atoms with Crippen molar-refractivity contribution in [1.29, 1.82) is 0 Å². The van der Waals surface area contributed by atoms with Crippen molar-refractivity contribution in [2.75, 3.05) is 26.2 Å². The van der Waals surface area contributed by atoms with E-state index in [4.69, 9.17) is 4.74 Å². The number of fused-ring (bicyclic) bond motifs is 1. The minimum absolute atomic E-state index is 0.275. The number of nitrogens with zero attached hydrogens (tertiary/aromatic N) is 1. The molecule has 120 valence electrons. The van der Waals surface area contributed by atoms with Gasteiger partial charge in [-0.15, -0.1) is 0 Å². The third-order valence-electron chi connectivity index (χ3n) is 4.84. The first kappa shape index (κ1) is 15.5. The van der Waals surface area contributed by atoms with Crippen LogP contribution in [0.25, 0.3) is 0 Å². The van der Waals surface area contributed by atoms with Gasteiger partial charge >= 0.3 is 0 Å². The lowest BCUT2D eigenvalue weighted by Gasteiger charge is -2.26. The average molecular weight is 301 g/mol. The Balaban J connectivity index is 1.44. The van der Waals surface area contributed by atoms with Crippen molar-refractivity contribution < 1.29 is 9.53 Å². The summed E-state index contributed by atoms with van der Waals surface area (Å²) in [7, 11) is 0. The van der Waals surface area contributed by atoms with E-state index in [1.807, 2.05) is 18.2 Å². The second kappa shape index (κ2) is 7.77. The first-order valence-electron chi connectivity index (χ1n) is 8.85. The van der Waals surface area contributed by atoms with Crippen LogP contribution < -0.4 is 4.74 Å². The van der Waals surface area contributed by atoms with Crippen LogP contribution in [0.5, 0.6) is 5.75 Å². The van der Waals surface area contributed by atoms with E-state index in [1.54, 1.807) is 0 Å². The molecular weight excluding hydrogens is 274 g/mol. The lowest BCUT2D eigenvalue weighted by Crippen LogP contribution is -2.30. The van der Waals surface area contributed by atoms with E-state index < -0.39 is 0 Å². The molecule has 2 aliphatic rings. The van der Waals surface area contributed by atoms with Gasteiger partial charge in [0.2, 0.25) is 0 Å². The SMILES string of the molecule is O=C1CCCc2c(OCCCCN3CCCCC3)cccc21. The summed E-state index contributed by atoms with van der Waals surface area (Å²) < 4.78 is 5.97. The molecule has 0 aromatic heterocycles. The molecule has 0 amide bonds. The van der Waals surface area contributed by atoms with Gasteiger partial charge in [0.25, 0.3) is 0 Å². The van der Waals surface area contributed by atoms with E-state index in [1.165, 1.54) is 45.3 Å². The molecule has 0 atom stereocenters. The van der Waals surface area contributed by atoms with Gasteiger partial charge in [0.05, 0.1) is 6.61 Å². The topological polar surface area (TPSA) is 29.5 Å². The van der Waals surface area contributed by atoms with Gasteiger partial charge in [-0.2, -0.15) is 0 Å². The predicted molar refractivity (Wildman–Crippen MR) is 88.7 cm³/mol. The first-order chi connectivity index (χ1) is 10.8. The number of carbonyl (C=O) groups is 1. The molecule has 1 aliphatic carbocycles. The highest BCUT2D eigenvalue weighted by Gasteiger charge is 2.20. The summed E-state index contributed by atoms with van der Waals surface area (Å²) in [5.41, 5.74) is 2.02. The van der Waals surface area contributed by atoms with Gasteiger partial charge in [0.15, 0.2) is 5.78 Å². The van der Waals surface area contributed by atoms with Crippen LogP contribution in [0.4, 0.5) is 0 Å². The van der Waals surface area contributed by atoms with Crippen LogP contribution in [0.1, 0.15) is 60.9 Å². The van der Waals surface area contributed by atoms with Crippen LogP contribution in [0.2, 0.25) is 0 Å². The lowest BCUT2D eigenvalue weighted by molar-refractivity contribution is 0.0971. The van der Waals surface area contributed by atoms with Crippen LogP contribution in [-0.2, 0) is 6.42 Å². The Morgan fingerprint density at radius 3 is 2.73 bits per heavy atom. The molecule has 1 aromatic rings. The second-order valence-corrected chi connectivity index (χ2v) is 6.52. The van der Waals surface area contributed by atoms with Crippen LogP contribution in [0.15, 0.2) is 18.2 Å². The van der Waals surface area contributed by atoms with Gasteiger partial charge in [0.1, 0.15) is 5.75 Å². The third kappa shape index (κ3) is 3.89. The molecule has 0 bridgehead atoms. The zero-order valence-corrected chi connectivity index (χ0v) is 13.5. The summed E-state index contributed by atoms with van der Waals surface area (Å²) in [5.74, 6) is 1.21. The fraction of sp³-hybridized carbons (Fsp3) is 0.632. The molecule has 1 aliphatic heterocycles. The standard InChI is InChI=1S/C19H27NO2/c21-18-10-6-9-17-16(18)8-7-11-19(17)22-15-5-4-14-20-12-2-1-3-13-20/h7-8,11H,1-6,9-10,12-15H2. The number of carbonyl (C=O) groups excluding carboxylic acids is 1. The molecule has 1 fully saturated rings. The minimum atomic E-state index is 0.275. The Morgan fingerprint density at radius 2 is 1.86 bits per heavy atom. The number of likely N-dealkylation sites (tertiary alicyclic amines) is 1. The zero-order chi connectivity index (χ0) is 15.2. The fourth-order valence-corrected chi connectivity index (χ4v) is 3.58. The summed E-state index contributed by atoms with van der Waals surface area (Å²) in [6.07, 6.45) is 9.04. The minimum Gasteiger partial charge on any atom is -0.493 e. The summed E-state index contributed by atoms with van der Waals surface area (Å²) in [6, 6.07) is 5.91. The molecule has 0 radical (unpaired) electrons. The maximum absolute atomic E-state index is 11.9. The number of hydrogen-bond donors (Lipinski definition) is 0. The number of benzene rings is 1. The smallest absolute Gasteiger partial charge is 0.163 e. The first-order valence-corrected chi connectivity index (χ1v) is 8.85. The van der Waals surface area contributed by atoms with Crippen LogP contribution in [0.3, 0.4) is 0 Å². The summed E-state index contributed by atoms with van der Waals surface area (Å²) in [6.45, 7) is 4.51. The van der Waals surface area contributed by atoms with Crippen LogP contribution >= 0.6 is 0 Å². The third-order valence-corrected chi connectivity index (χ3v) is 4.84. The normalized spacial score (nSPS) is 19.0. The lowest BCUT2D eigenvalue weighted by atomic mass is 9.90. The maximum Gasteiger partial charge on any atom is 0.163 e. The van der Waals surface area contributed by atoms with E-state index in [-0.39, 0.29) is 5.78 Å². The molecule has 1 aromatic carbocycles. The molecule has 0 spiro atoms. The van der Waals surface area contributed by atoms with Crippen molar-refractivity contribution in [1.82, 2.24) is 4.90 Å². The highest BCUT2D eigenvalue weighted by atomic mass is 16.5. The number of Topliss-reactive ketones (excluding diaryl/α,β-unsaturated/α-hetero) is 1. The molecule has 3 rings (SSSR count). The van der Waals surface area contributed by atoms with Crippen molar-refractivity contribution >= 4 is 5.78 Å². The Bertz CT molecular complexity index is 506. The van der Waals surface area contributed by atoms with Gasteiger partial charge in [-0.25, -0.2) is 0 Å². The number of ether oxygens (including phenoxy) is 1. The van der Waals surface area contributed by atoms with Crippen LogP contribution in [-0.4, -0.2) is 36.9 Å². The number of ketones is 1. The monoisotopic (exact) mass is 301 g/mol. The number of piperidine rings is 1. The quantitative estimate of drug-likeness (QED) is 0.747. The zero-order valence-electron chi connectivity index (χ0n) is 13.5. The Hall–Kier alpha value is -1.35. The predicted octanol–water partition coefficient (Wildman–Crippen LogP) is 3.85. The van der Waals surface area contributed by atoms with E-state index >= 15 is 0 Å². The average Bonchev–Trinajstić information content (AvgIpc) is 2.56. The molecule has 1 saturated heterocycles. The van der Waals surface area contributed by atoms with Crippen molar-refractivity contribution in [3.05, 3.63) is 29.3 Å². The largest absolute Gasteiger partial charge is 0.493 e. The van der Waals surface area contributed by atoms with Crippen molar-refractivity contribution in [2.24, 2.45) is 0 Å². The molecular formula is C19H27NO2. The van der Waals surface area contributed by atoms with Gasteiger partial charge in [-0.3, -0.25) is 4.79 Å². The molecule has 0 saturated carbocycles. The summed E-state index contributed by atoms with van der Waals surface area (Å²) in [5, 5.41) is 0. The van der Waals surface area contributed by atoms with Gasteiger partial charge in [-0.05, 0) is 64.2 Å². The number of unbranched alkanes of at least 4 members (excludes halogenated alkanes) is 1. The Morgan fingerprint density at radius 1 is 1.00 bits per heavy atom. The van der Waals surface area contributed by atoms with E-state index in [0.29, 0.717) is 6.42 Å². The van der Waals surface area contributed by atoms with Gasteiger partial charge in [0, 0.05) is 17.5 Å². The highest BCUT2D eigenvalue weighted by molar-refractivity contribution is 5.99. The molecule has 3 nitrogen and oxygen atoms in total. The van der Waals surface area contributed by atoms with E-state index in [9.17, 15) is 4.79 Å². The molecule has 0 unspecified atom stereocenters. The molecule has 22 heavy (non-hydrogen) atoms. The van der Waals surface area contributed by atoms with Gasteiger partial charge < -0.3 is 9.64 Å². The van der Waals surface area contributed by atoms with Crippen molar-refractivity contribution in [3.8, 4) is 5.75 Å². The number of hydrogen-bond acceptors (Lipinski definition) is 3. The fourth-order valence-electron chi connectivity index (χ4n) is 3.58. The maximum atomic E-state index is 11.9. The summed E-state index contributed by atoms with van der Waals surface area (Å²) in [4.78, 5) is 14.5. The summed E-state index contributed by atoms with van der Waals surface area (Å²) >= 11 is 0. The Labute approximate surface area is 133 Å². The second-order valence-electron chi connectivity index (χ2n) is 6.52.